The van der Waals surface area contributed by atoms with E-state index in [1.54, 1.807) is 6.20 Å². The van der Waals surface area contributed by atoms with Crippen molar-refractivity contribution in [2.75, 3.05) is 18.9 Å². The number of likely N-dealkylation sites (N-methyl/N-ethyl adjacent to an activating group) is 1. The topological polar surface area (TPSA) is 58.4 Å². The smallest absolute Gasteiger partial charge is 0.244 e. The van der Waals surface area contributed by atoms with Gasteiger partial charge < -0.3 is 4.52 Å². The highest BCUT2D eigenvalue weighted by molar-refractivity contribution is 5.96. The van der Waals surface area contributed by atoms with Crippen molar-refractivity contribution in [3.05, 3.63) is 36.5 Å². The van der Waals surface area contributed by atoms with Crippen LogP contribution in [0.2, 0.25) is 0 Å². The Morgan fingerprint density at radius 3 is 2.90 bits per heavy atom. The number of nitrogens with zero attached hydrogens (tertiary/aromatic N) is 2. The molecule has 2 heterocycles. The molecule has 1 N–H and O–H groups in total. The second kappa shape index (κ2) is 6.10. The van der Waals surface area contributed by atoms with Gasteiger partial charge in [0, 0.05) is 0 Å². The van der Waals surface area contributed by atoms with Gasteiger partial charge in [0.15, 0.2) is 0 Å². The third-order valence-electron chi connectivity index (χ3n) is 3.97. The second-order valence-electron chi connectivity index (χ2n) is 5.42. The fourth-order valence-corrected chi connectivity index (χ4v) is 2.75. The van der Waals surface area contributed by atoms with Crippen molar-refractivity contribution in [1.29, 1.82) is 0 Å². The van der Waals surface area contributed by atoms with Crippen molar-refractivity contribution >= 4 is 11.8 Å². The van der Waals surface area contributed by atoms with Crippen LogP contribution >= 0.6 is 0 Å². The number of anilines is 1. The van der Waals surface area contributed by atoms with E-state index in [-0.39, 0.29) is 11.9 Å². The van der Waals surface area contributed by atoms with E-state index in [1.165, 1.54) is 0 Å². The SMILES string of the molecule is CN1CCCCC1C(=O)Nc1oncc1-c1ccccc1. The Bertz CT molecular complexity index is 609. The highest BCUT2D eigenvalue weighted by atomic mass is 16.5. The summed E-state index contributed by atoms with van der Waals surface area (Å²) in [6, 6.07) is 9.69. The van der Waals surface area contributed by atoms with E-state index in [1.807, 2.05) is 37.4 Å². The third-order valence-corrected chi connectivity index (χ3v) is 3.97. The first-order valence-electron chi connectivity index (χ1n) is 7.27. The summed E-state index contributed by atoms with van der Waals surface area (Å²) in [5, 5.41) is 6.69. The quantitative estimate of drug-likeness (QED) is 0.942. The van der Waals surface area contributed by atoms with Crippen molar-refractivity contribution < 1.29 is 9.32 Å². The molecular weight excluding hydrogens is 266 g/mol. The second-order valence-corrected chi connectivity index (χ2v) is 5.42. The van der Waals surface area contributed by atoms with E-state index in [0.717, 1.165) is 36.9 Å². The molecule has 1 fully saturated rings. The normalized spacial score (nSPS) is 19.4. The van der Waals surface area contributed by atoms with Gasteiger partial charge in [0.1, 0.15) is 0 Å². The van der Waals surface area contributed by atoms with Crippen molar-refractivity contribution in [2.24, 2.45) is 0 Å². The summed E-state index contributed by atoms with van der Waals surface area (Å²) in [5.41, 5.74) is 1.79. The number of nitrogens with one attached hydrogen (secondary N) is 1. The molecule has 1 aliphatic rings. The van der Waals surface area contributed by atoms with Crippen LogP contribution in [-0.4, -0.2) is 35.6 Å². The Morgan fingerprint density at radius 1 is 1.33 bits per heavy atom. The number of carbonyl (C=O) groups is 1. The number of aromatic nitrogens is 1. The predicted octanol–water partition coefficient (Wildman–Crippen LogP) is 2.76. The molecular formula is C16H19N3O2. The molecule has 1 amide bonds. The Balaban J connectivity index is 1.77. The predicted molar refractivity (Wildman–Crippen MR) is 80.8 cm³/mol. The number of hydrogen-bond acceptors (Lipinski definition) is 4. The zero-order valence-corrected chi connectivity index (χ0v) is 12.1. The van der Waals surface area contributed by atoms with Crippen LogP contribution in [0.4, 0.5) is 5.88 Å². The van der Waals surface area contributed by atoms with Gasteiger partial charge in [-0.05, 0) is 32.0 Å². The van der Waals surface area contributed by atoms with Crippen LogP contribution in [0.1, 0.15) is 19.3 Å². The molecule has 3 rings (SSSR count). The van der Waals surface area contributed by atoms with Crippen molar-refractivity contribution in [3.8, 4) is 11.1 Å². The number of piperidine rings is 1. The lowest BCUT2D eigenvalue weighted by molar-refractivity contribution is -0.121. The molecule has 1 saturated heterocycles. The first kappa shape index (κ1) is 13.8. The summed E-state index contributed by atoms with van der Waals surface area (Å²) in [6.45, 7) is 0.958. The number of amides is 1. The average Bonchev–Trinajstić information content (AvgIpc) is 2.96. The monoisotopic (exact) mass is 285 g/mol. The maximum absolute atomic E-state index is 12.4. The summed E-state index contributed by atoms with van der Waals surface area (Å²) in [7, 11) is 1.99. The van der Waals surface area contributed by atoms with E-state index in [0.29, 0.717) is 5.88 Å². The summed E-state index contributed by atoms with van der Waals surface area (Å²) in [5.74, 6) is 0.399. The van der Waals surface area contributed by atoms with Crippen LogP contribution in [0.3, 0.4) is 0 Å². The summed E-state index contributed by atoms with van der Waals surface area (Å²) >= 11 is 0. The van der Waals surface area contributed by atoms with Crippen LogP contribution in [0.15, 0.2) is 41.1 Å². The molecule has 0 saturated carbocycles. The minimum atomic E-state index is -0.0903. The minimum absolute atomic E-state index is 0.0221. The van der Waals surface area contributed by atoms with Gasteiger partial charge in [0.25, 0.3) is 0 Å². The Hall–Kier alpha value is -2.14. The molecule has 0 radical (unpaired) electrons. The van der Waals surface area contributed by atoms with Gasteiger partial charge in [-0.15, -0.1) is 0 Å². The number of benzene rings is 1. The Labute approximate surface area is 123 Å². The third kappa shape index (κ3) is 2.97. The van der Waals surface area contributed by atoms with Crippen LogP contribution in [0.5, 0.6) is 0 Å². The maximum Gasteiger partial charge on any atom is 0.244 e. The lowest BCUT2D eigenvalue weighted by atomic mass is 10.0. The number of carbonyl (C=O) groups excluding carboxylic acids is 1. The van der Waals surface area contributed by atoms with E-state index in [4.69, 9.17) is 4.52 Å². The van der Waals surface area contributed by atoms with Crippen LogP contribution in [0, 0.1) is 0 Å². The first-order valence-corrected chi connectivity index (χ1v) is 7.27. The molecule has 0 spiro atoms. The molecule has 1 atom stereocenters. The van der Waals surface area contributed by atoms with E-state index in [9.17, 15) is 4.79 Å². The fourth-order valence-electron chi connectivity index (χ4n) is 2.75. The van der Waals surface area contributed by atoms with Crippen molar-refractivity contribution in [3.63, 3.8) is 0 Å². The van der Waals surface area contributed by atoms with Gasteiger partial charge >= 0.3 is 0 Å². The zero-order chi connectivity index (χ0) is 14.7. The number of hydrogen-bond donors (Lipinski definition) is 1. The summed E-state index contributed by atoms with van der Waals surface area (Å²) in [4.78, 5) is 14.5. The molecule has 1 unspecified atom stereocenters. The molecule has 1 aromatic carbocycles. The molecule has 2 aromatic rings. The first-order chi connectivity index (χ1) is 10.3. The average molecular weight is 285 g/mol. The summed E-state index contributed by atoms with van der Waals surface area (Å²) < 4.78 is 5.22. The van der Waals surface area contributed by atoms with Gasteiger partial charge in [-0.1, -0.05) is 41.9 Å². The zero-order valence-electron chi connectivity index (χ0n) is 12.1. The lowest BCUT2D eigenvalue weighted by Gasteiger charge is -2.30. The largest absolute Gasteiger partial charge is 0.338 e. The molecule has 0 bridgehead atoms. The fraction of sp³-hybridized carbons (Fsp3) is 0.375. The molecule has 5 nitrogen and oxygen atoms in total. The van der Waals surface area contributed by atoms with Gasteiger partial charge in [0.05, 0.1) is 17.8 Å². The van der Waals surface area contributed by atoms with Crippen molar-refractivity contribution in [2.45, 2.75) is 25.3 Å². The van der Waals surface area contributed by atoms with Crippen LogP contribution < -0.4 is 5.32 Å². The Morgan fingerprint density at radius 2 is 2.14 bits per heavy atom. The molecule has 110 valence electrons. The maximum atomic E-state index is 12.4. The minimum Gasteiger partial charge on any atom is -0.338 e. The highest BCUT2D eigenvalue weighted by Gasteiger charge is 2.27. The molecule has 1 aliphatic heterocycles. The molecule has 5 heteroatoms. The van der Waals surface area contributed by atoms with E-state index in [2.05, 4.69) is 15.4 Å². The van der Waals surface area contributed by atoms with Gasteiger partial charge in [-0.3, -0.25) is 15.0 Å². The van der Waals surface area contributed by atoms with Gasteiger partial charge in [-0.2, -0.15) is 0 Å². The standard InChI is InChI=1S/C16H19N3O2/c1-19-10-6-5-9-14(19)15(20)18-16-13(11-17-21-16)12-7-3-2-4-8-12/h2-4,7-8,11,14H,5-6,9-10H2,1H3,(H,18,20). The van der Waals surface area contributed by atoms with Crippen LogP contribution in [-0.2, 0) is 4.79 Å². The van der Waals surface area contributed by atoms with Gasteiger partial charge in [-0.25, -0.2) is 0 Å². The molecule has 1 aromatic heterocycles. The highest BCUT2D eigenvalue weighted by Crippen LogP contribution is 2.28. The van der Waals surface area contributed by atoms with E-state index < -0.39 is 0 Å². The van der Waals surface area contributed by atoms with E-state index >= 15 is 0 Å². The molecule has 21 heavy (non-hydrogen) atoms. The lowest BCUT2D eigenvalue weighted by Crippen LogP contribution is -2.44. The number of rotatable bonds is 3. The van der Waals surface area contributed by atoms with Crippen molar-refractivity contribution in [1.82, 2.24) is 10.1 Å². The van der Waals surface area contributed by atoms with Gasteiger partial charge in [0.2, 0.25) is 11.8 Å². The molecule has 0 aliphatic carbocycles. The number of likely N-dealkylation sites (tertiary alicyclic amines) is 1. The van der Waals surface area contributed by atoms with Crippen LogP contribution in [0.25, 0.3) is 11.1 Å². The summed E-state index contributed by atoms with van der Waals surface area (Å²) in [6.07, 6.45) is 4.76. The Kier molecular flexibility index (Phi) is 4.01.